The number of benzene rings is 1. The van der Waals surface area contributed by atoms with E-state index in [1.54, 1.807) is 13.8 Å². The molecule has 0 aliphatic carbocycles. The highest BCUT2D eigenvalue weighted by molar-refractivity contribution is 5.76. The molecule has 0 saturated carbocycles. The van der Waals surface area contributed by atoms with Crippen LogP contribution < -0.4 is 5.32 Å². The van der Waals surface area contributed by atoms with Crippen LogP contribution in [0.3, 0.4) is 0 Å². The molecule has 2 rings (SSSR count). The summed E-state index contributed by atoms with van der Waals surface area (Å²) >= 11 is 0. The molecule has 0 atom stereocenters. The van der Waals surface area contributed by atoms with Crippen LogP contribution >= 0.6 is 0 Å². The summed E-state index contributed by atoms with van der Waals surface area (Å²) in [6.45, 7) is 3.63. The van der Waals surface area contributed by atoms with E-state index in [4.69, 9.17) is 5.11 Å². The topological polar surface area (TPSA) is 97.1 Å². The highest BCUT2D eigenvalue weighted by atomic mass is 16.4. The number of rotatable bonds is 7. The summed E-state index contributed by atoms with van der Waals surface area (Å²) in [6.07, 6.45) is 1.88. The number of aliphatic carboxylic acids is 1. The molecule has 0 fully saturated rings. The molecule has 122 valence electrons. The van der Waals surface area contributed by atoms with E-state index < -0.39 is 11.5 Å². The number of aromatic nitrogens is 3. The predicted molar refractivity (Wildman–Crippen MR) is 84.5 cm³/mol. The second-order valence-corrected chi connectivity index (χ2v) is 5.96. The summed E-state index contributed by atoms with van der Waals surface area (Å²) in [4.78, 5) is 26.9. The number of carbonyl (C=O) groups is 2. The quantitative estimate of drug-likeness (QED) is 0.810. The molecule has 0 bridgehead atoms. The monoisotopic (exact) mass is 316 g/mol. The van der Waals surface area contributed by atoms with Gasteiger partial charge in [-0.05, 0) is 20.3 Å². The van der Waals surface area contributed by atoms with Crippen LogP contribution in [0.15, 0.2) is 36.7 Å². The summed E-state index contributed by atoms with van der Waals surface area (Å²) in [5.74, 6) is -0.551. The molecular weight excluding hydrogens is 296 g/mol. The molecule has 1 amide bonds. The molecule has 1 aromatic heterocycles. The van der Waals surface area contributed by atoms with E-state index in [9.17, 15) is 9.59 Å². The molecule has 7 heteroatoms. The largest absolute Gasteiger partial charge is 0.481 e. The van der Waals surface area contributed by atoms with E-state index in [1.807, 2.05) is 30.3 Å². The van der Waals surface area contributed by atoms with E-state index in [0.717, 1.165) is 5.56 Å². The highest BCUT2D eigenvalue weighted by Crippen LogP contribution is 2.13. The molecule has 0 unspecified atom stereocenters. The minimum atomic E-state index is -0.879. The van der Waals surface area contributed by atoms with Crippen LogP contribution in [0.5, 0.6) is 0 Å². The van der Waals surface area contributed by atoms with Crippen LogP contribution in [0.25, 0.3) is 11.4 Å². The van der Waals surface area contributed by atoms with Gasteiger partial charge in [-0.3, -0.25) is 9.59 Å². The molecule has 0 aliphatic heterocycles. The number of carboxylic acids is 1. The highest BCUT2D eigenvalue weighted by Gasteiger charge is 2.21. The zero-order chi connectivity index (χ0) is 16.9. The molecule has 1 heterocycles. The fraction of sp³-hybridized carbons (Fsp3) is 0.375. The summed E-state index contributed by atoms with van der Waals surface area (Å²) in [6, 6.07) is 9.50. The van der Waals surface area contributed by atoms with Crippen molar-refractivity contribution in [3.63, 3.8) is 0 Å². The average molecular weight is 316 g/mol. The van der Waals surface area contributed by atoms with Gasteiger partial charge < -0.3 is 10.4 Å². The molecule has 23 heavy (non-hydrogen) atoms. The maximum Gasteiger partial charge on any atom is 0.303 e. The average Bonchev–Trinajstić information content (AvgIpc) is 2.94. The molecule has 0 spiro atoms. The minimum Gasteiger partial charge on any atom is -0.481 e. The Bertz CT molecular complexity index is 680. The normalized spacial score (nSPS) is 11.2. The van der Waals surface area contributed by atoms with E-state index in [2.05, 4.69) is 15.4 Å². The van der Waals surface area contributed by atoms with Crippen LogP contribution in [0.1, 0.15) is 26.7 Å². The first-order chi connectivity index (χ1) is 10.9. The number of carboxylic acid groups (broad SMARTS) is 1. The van der Waals surface area contributed by atoms with Crippen LogP contribution in [0.4, 0.5) is 0 Å². The number of hydrogen-bond acceptors (Lipinski definition) is 4. The van der Waals surface area contributed by atoms with Crippen molar-refractivity contribution >= 4 is 11.9 Å². The van der Waals surface area contributed by atoms with Crippen molar-refractivity contribution < 1.29 is 14.7 Å². The van der Waals surface area contributed by atoms with Gasteiger partial charge in [0, 0.05) is 17.5 Å². The van der Waals surface area contributed by atoms with Crippen LogP contribution in [0, 0.1) is 0 Å². The Labute approximate surface area is 134 Å². The van der Waals surface area contributed by atoms with Gasteiger partial charge in [0.1, 0.15) is 12.9 Å². The minimum absolute atomic E-state index is 0.00869. The molecule has 0 aliphatic rings. The van der Waals surface area contributed by atoms with Crippen molar-refractivity contribution in [1.29, 1.82) is 0 Å². The number of amides is 1. The van der Waals surface area contributed by atoms with Gasteiger partial charge in [-0.1, -0.05) is 30.3 Å². The molecule has 7 nitrogen and oxygen atoms in total. The Kier molecular flexibility index (Phi) is 5.10. The van der Waals surface area contributed by atoms with Crippen LogP contribution in [0.2, 0.25) is 0 Å². The Hall–Kier alpha value is -2.70. The fourth-order valence-electron chi connectivity index (χ4n) is 2.14. The number of nitrogens with one attached hydrogen (secondary N) is 1. The van der Waals surface area contributed by atoms with Crippen molar-refractivity contribution in [3.8, 4) is 11.4 Å². The van der Waals surface area contributed by atoms with Crippen molar-refractivity contribution in [1.82, 2.24) is 20.1 Å². The lowest BCUT2D eigenvalue weighted by molar-refractivity contribution is -0.137. The molecule has 0 saturated heterocycles. The van der Waals surface area contributed by atoms with Gasteiger partial charge in [0.2, 0.25) is 5.91 Å². The zero-order valence-corrected chi connectivity index (χ0v) is 13.2. The SMILES string of the molecule is CC(C)(CCC(=O)O)NC(=O)Cn1cnc(-c2ccccc2)n1. The Morgan fingerprint density at radius 2 is 1.96 bits per heavy atom. The Morgan fingerprint density at radius 1 is 1.26 bits per heavy atom. The second-order valence-electron chi connectivity index (χ2n) is 5.96. The number of hydrogen-bond donors (Lipinski definition) is 2. The third kappa shape index (κ3) is 5.21. The fourth-order valence-corrected chi connectivity index (χ4v) is 2.14. The first-order valence-corrected chi connectivity index (χ1v) is 7.33. The van der Waals surface area contributed by atoms with E-state index in [0.29, 0.717) is 12.2 Å². The van der Waals surface area contributed by atoms with Gasteiger partial charge in [-0.2, -0.15) is 5.10 Å². The van der Waals surface area contributed by atoms with E-state index in [-0.39, 0.29) is 18.9 Å². The standard InChI is InChI=1S/C16H20N4O3/c1-16(2,9-8-14(22)23)18-13(21)10-20-11-17-15(19-20)12-6-4-3-5-7-12/h3-7,11H,8-10H2,1-2H3,(H,18,21)(H,22,23). The maximum atomic E-state index is 12.1. The van der Waals surface area contributed by atoms with Crippen LogP contribution in [-0.2, 0) is 16.1 Å². The smallest absolute Gasteiger partial charge is 0.303 e. The summed E-state index contributed by atoms with van der Waals surface area (Å²) in [7, 11) is 0. The first kappa shape index (κ1) is 16.7. The van der Waals surface area contributed by atoms with Gasteiger partial charge in [0.15, 0.2) is 5.82 Å². The Balaban J connectivity index is 1.93. The molecule has 2 N–H and O–H groups in total. The third-order valence-corrected chi connectivity index (χ3v) is 3.32. The lowest BCUT2D eigenvalue weighted by Crippen LogP contribution is -2.45. The maximum absolute atomic E-state index is 12.1. The van der Waals surface area contributed by atoms with Crippen molar-refractivity contribution in [2.24, 2.45) is 0 Å². The van der Waals surface area contributed by atoms with Gasteiger partial charge in [-0.15, -0.1) is 0 Å². The molecule has 0 radical (unpaired) electrons. The first-order valence-electron chi connectivity index (χ1n) is 7.33. The summed E-state index contributed by atoms with van der Waals surface area (Å²) in [5.41, 5.74) is 0.298. The van der Waals surface area contributed by atoms with Crippen molar-refractivity contribution in [2.45, 2.75) is 38.8 Å². The van der Waals surface area contributed by atoms with Gasteiger partial charge in [0.25, 0.3) is 0 Å². The lowest BCUT2D eigenvalue weighted by Gasteiger charge is -2.25. The third-order valence-electron chi connectivity index (χ3n) is 3.32. The van der Waals surface area contributed by atoms with Gasteiger partial charge in [0.05, 0.1) is 0 Å². The Morgan fingerprint density at radius 3 is 2.61 bits per heavy atom. The number of carbonyl (C=O) groups excluding carboxylic acids is 1. The van der Waals surface area contributed by atoms with Crippen molar-refractivity contribution in [3.05, 3.63) is 36.7 Å². The predicted octanol–water partition coefficient (Wildman–Crippen LogP) is 1.70. The van der Waals surface area contributed by atoms with E-state index >= 15 is 0 Å². The lowest BCUT2D eigenvalue weighted by atomic mass is 9.98. The molecular formula is C16H20N4O3. The van der Waals surface area contributed by atoms with Crippen LogP contribution in [-0.4, -0.2) is 37.3 Å². The molecule has 1 aromatic carbocycles. The zero-order valence-electron chi connectivity index (χ0n) is 13.2. The molecule has 2 aromatic rings. The summed E-state index contributed by atoms with van der Waals surface area (Å²) in [5, 5.41) is 15.8. The van der Waals surface area contributed by atoms with Crippen molar-refractivity contribution in [2.75, 3.05) is 0 Å². The van der Waals surface area contributed by atoms with Gasteiger partial charge >= 0.3 is 5.97 Å². The van der Waals surface area contributed by atoms with Gasteiger partial charge in [-0.25, -0.2) is 9.67 Å². The van der Waals surface area contributed by atoms with E-state index in [1.165, 1.54) is 11.0 Å². The number of nitrogens with zero attached hydrogens (tertiary/aromatic N) is 3. The summed E-state index contributed by atoms with van der Waals surface area (Å²) < 4.78 is 1.46. The second kappa shape index (κ2) is 7.04.